The first-order chi connectivity index (χ1) is 7.70. The molecular weight excluding hydrogens is 198 g/mol. The van der Waals surface area contributed by atoms with Gasteiger partial charge in [0.25, 0.3) is 0 Å². The lowest BCUT2D eigenvalue weighted by atomic mass is 9.98. The Bertz CT molecular complexity index is 346. The SMILES string of the molecule is COC(C(N)Cc1cccc(C)c1)C1CC1. The van der Waals surface area contributed by atoms with Crippen LogP contribution in [0.4, 0.5) is 0 Å². The summed E-state index contributed by atoms with van der Waals surface area (Å²) in [5.74, 6) is 0.699. The minimum atomic E-state index is 0.124. The average Bonchev–Trinajstić information content (AvgIpc) is 3.03. The summed E-state index contributed by atoms with van der Waals surface area (Å²) in [6.07, 6.45) is 3.71. The van der Waals surface area contributed by atoms with Crippen LogP contribution in [-0.4, -0.2) is 19.3 Å². The maximum Gasteiger partial charge on any atom is 0.0753 e. The van der Waals surface area contributed by atoms with Crippen molar-refractivity contribution in [1.82, 2.24) is 0 Å². The molecule has 2 rings (SSSR count). The third-order valence-electron chi connectivity index (χ3n) is 3.33. The smallest absolute Gasteiger partial charge is 0.0753 e. The number of rotatable bonds is 5. The van der Waals surface area contributed by atoms with Gasteiger partial charge >= 0.3 is 0 Å². The van der Waals surface area contributed by atoms with E-state index >= 15 is 0 Å². The third kappa shape index (κ3) is 2.83. The lowest BCUT2D eigenvalue weighted by Gasteiger charge is -2.22. The van der Waals surface area contributed by atoms with E-state index < -0.39 is 0 Å². The Labute approximate surface area is 97.8 Å². The van der Waals surface area contributed by atoms with Crippen LogP contribution in [-0.2, 0) is 11.2 Å². The van der Waals surface area contributed by atoms with Gasteiger partial charge in [-0.1, -0.05) is 29.8 Å². The number of hydrogen-bond acceptors (Lipinski definition) is 2. The molecule has 1 aromatic carbocycles. The van der Waals surface area contributed by atoms with E-state index in [-0.39, 0.29) is 12.1 Å². The van der Waals surface area contributed by atoms with Crippen molar-refractivity contribution >= 4 is 0 Å². The molecule has 2 nitrogen and oxygen atoms in total. The summed E-state index contributed by atoms with van der Waals surface area (Å²) in [7, 11) is 1.78. The van der Waals surface area contributed by atoms with Crippen molar-refractivity contribution in [3.8, 4) is 0 Å². The quantitative estimate of drug-likeness (QED) is 0.824. The Morgan fingerprint density at radius 2 is 2.19 bits per heavy atom. The topological polar surface area (TPSA) is 35.2 Å². The Balaban J connectivity index is 1.97. The standard InChI is InChI=1S/C14H21NO/c1-10-4-3-5-11(8-10)9-13(15)14(16-2)12-6-7-12/h3-5,8,12-14H,6-7,9,15H2,1-2H3. The van der Waals surface area contributed by atoms with E-state index in [0.717, 1.165) is 6.42 Å². The van der Waals surface area contributed by atoms with Gasteiger partial charge in [0.2, 0.25) is 0 Å². The second-order valence-corrected chi connectivity index (χ2v) is 4.89. The number of methoxy groups -OCH3 is 1. The van der Waals surface area contributed by atoms with Crippen LogP contribution in [0.1, 0.15) is 24.0 Å². The molecule has 0 amide bonds. The number of benzene rings is 1. The van der Waals surface area contributed by atoms with Crippen molar-refractivity contribution in [3.63, 3.8) is 0 Å². The lowest BCUT2D eigenvalue weighted by Crippen LogP contribution is -2.39. The first kappa shape index (κ1) is 11.6. The molecule has 1 aromatic rings. The molecule has 2 N–H and O–H groups in total. The summed E-state index contributed by atoms with van der Waals surface area (Å²) < 4.78 is 5.51. The fraction of sp³-hybridized carbons (Fsp3) is 0.571. The first-order valence-corrected chi connectivity index (χ1v) is 6.04. The molecule has 16 heavy (non-hydrogen) atoms. The molecule has 1 aliphatic rings. The highest BCUT2D eigenvalue weighted by molar-refractivity contribution is 5.23. The summed E-state index contributed by atoms with van der Waals surface area (Å²) in [5.41, 5.74) is 8.84. The van der Waals surface area contributed by atoms with E-state index in [1.165, 1.54) is 24.0 Å². The van der Waals surface area contributed by atoms with E-state index in [0.29, 0.717) is 5.92 Å². The highest BCUT2D eigenvalue weighted by Gasteiger charge is 2.35. The van der Waals surface area contributed by atoms with Crippen molar-refractivity contribution in [2.75, 3.05) is 7.11 Å². The zero-order valence-corrected chi connectivity index (χ0v) is 10.1. The third-order valence-corrected chi connectivity index (χ3v) is 3.33. The molecular formula is C14H21NO. The van der Waals surface area contributed by atoms with Crippen LogP contribution in [0.25, 0.3) is 0 Å². The van der Waals surface area contributed by atoms with Crippen molar-refractivity contribution in [2.45, 2.75) is 38.3 Å². The molecule has 1 fully saturated rings. The van der Waals surface area contributed by atoms with Crippen LogP contribution in [0.2, 0.25) is 0 Å². The normalized spacial score (nSPS) is 19.4. The highest BCUT2D eigenvalue weighted by atomic mass is 16.5. The number of aryl methyl sites for hydroxylation is 1. The predicted octanol–water partition coefficient (Wildman–Crippen LogP) is 2.29. The van der Waals surface area contributed by atoms with Crippen LogP contribution in [0.3, 0.4) is 0 Å². The number of nitrogens with two attached hydrogens (primary N) is 1. The monoisotopic (exact) mass is 219 g/mol. The van der Waals surface area contributed by atoms with Gasteiger partial charge in [-0.15, -0.1) is 0 Å². The predicted molar refractivity (Wildman–Crippen MR) is 66.4 cm³/mol. The Kier molecular flexibility index (Phi) is 3.62. The molecule has 88 valence electrons. The minimum Gasteiger partial charge on any atom is -0.380 e. The van der Waals surface area contributed by atoms with Crippen LogP contribution in [0, 0.1) is 12.8 Å². The van der Waals surface area contributed by atoms with Gasteiger partial charge in [-0.05, 0) is 37.7 Å². The van der Waals surface area contributed by atoms with Crippen molar-refractivity contribution in [2.24, 2.45) is 11.7 Å². The molecule has 0 spiro atoms. The maximum atomic E-state index is 6.23. The van der Waals surface area contributed by atoms with E-state index in [2.05, 4.69) is 31.2 Å². The second kappa shape index (κ2) is 4.98. The number of ether oxygens (including phenoxy) is 1. The molecule has 2 unspecified atom stereocenters. The molecule has 2 atom stereocenters. The number of hydrogen-bond donors (Lipinski definition) is 1. The zero-order valence-electron chi connectivity index (χ0n) is 10.1. The van der Waals surface area contributed by atoms with Gasteiger partial charge < -0.3 is 10.5 Å². The molecule has 0 radical (unpaired) electrons. The Morgan fingerprint density at radius 1 is 1.44 bits per heavy atom. The lowest BCUT2D eigenvalue weighted by molar-refractivity contribution is 0.0627. The van der Waals surface area contributed by atoms with Gasteiger partial charge in [0.05, 0.1) is 6.10 Å². The summed E-state index contributed by atoms with van der Waals surface area (Å²) in [6, 6.07) is 8.69. The van der Waals surface area contributed by atoms with E-state index in [9.17, 15) is 0 Å². The molecule has 0 saturated heterocycles. The average molecular weight is 219 g/mol. The van der Waals surface area contributed by atoms with E-state index in [1.807, 2.05) is 0 Å². The largest absolute Gasteiger partial charge is 0.380 e. The molecule has 0 aliphatic heterocycles. The molecule has 0 bridgehead atoms. The van der Waals surface area contributed by atoms with Crippen LogP contribution < -0.4 is 5.73 Å². The van der Waals surface area contributed by atoms with E-state index in [1.54, 1.807) is 7.11 Å². The van der Waals surface area contributed by atoms with Gasteiger partial charge in [0.15, 0.2) is 0 Å². The maximum absolute atomic E-state index is 6.23. The van der Waals surface area contributed by atoms with Crippen molar-refractivity contribution < 1.29 is 4.74 Å². The molecule has 0 aromatic heterocycles. The minimum absolute atomic E-state index is 0.124. The summed E-state index contributed by atoms with van der Waals surface area (Å²) >= 11 is 0. The van der Waals surface area contributed by atoms with Crippen LogP contribution in [0.15, 0.2) is 24.3 Å². The fourth-order valence-corrected chi connectivity index (χ4v) is 2.37. The summed E-state index contributed by atoms with van der Waals surface area (Å²) in [4.78, 5) is 0. The Morgan fingerprint density at radius 3 is 2.75 bits per heavy atom. The molecule has 2 heteroatoms. The summed E-state index contributed by atoms with van der Waals surface area (Å²) in [6.45, 7) is 2.11. The van der Waals surface area contributed by atoms with Crippen LogP contribution >= 0.6 is 0 Å². The molecule has 1 saturated carbocycles. The van der Waals surface area contributed by atoms with Gasteiger partial charge in [0.1, 0.15) is 0 Å². The molecule has 1 aliphatic carbocycles. The van der Waals surface area contributed by atoms with Gasteiger partial charge in [-0.25, -0.2) is 0 Å². The first-order valence-electron chi connectivity index (χ1n) is 6.04. The zero-order chi connectivity index (χ0) is 11.5. The van der Waals surface area contributed by atoms with Gasteiger partial charge in [-0.3, -0.25) is 0 Å². The van der Waals surface area contributed by atoms with Crippen molar-refractivity contribution in [1.29, 1.82) is 0 Å². The van der Waals surface area contributed by atoms with Gasteiger partial charge in [-0.2, -0.15) is 0 Å². The van der Waals surface area contributed by atoms with Crippen LogP contribution in [0.5, 0.6) is 0 Å². The summed E-state index contributed by atoms with van der Waals surface area (Å²) in [5, 5.41) is 0. The van der Waals surface area contributed by atoms with Gasteiger partial charge in [0, 0.05) is 13.2 Å². The highest BCUT2D eigenvalue weighted by Crippen LogP contribution is 2.35. The van der Waals surface area contributed by atoms with Crippen molar-refractivity contribution in [3.05, 3.63) is 35.4 Å². The Hall–Kier alpha value is -0.860. The fourth-order valence-electron chi connectivity index (χ4n) is 2.37. The molecule has 0 heterocycles. The second-order valence-electron chi connectivity index (χ2n) is 4.89. The van der Waals surface area contributed by atoms with E-state index in [4.69, 9.17) is 10.5 Å².